The first-order valence-corrected chi connectivity index (χ1v) is 13.3. The van der Waals surface area contributed by atoms with Crippen molar-refractivity contribution in [2.24, 2.45) is 0 Å². The maximum absolute atomic E-state index is 13.8. The number of aromatic nitrogens is 2. The largest absolute Gasteiger partial charge is 0.418 e. The van der Waals surface area contributed by atoms with E-state index in [1.54, 1.807) is 37.3 Å². The van der Waals surface area contributed by atoms with Crippen LogP contribution in [0.4, 0.5) is 29.2 Å². The lowest BCUT2D eigenvalue weighted by Crippen LogP contribution is -2.50. The molecular weight excluding hydrogens is 510 g/mol. The summed E-state index contributed by atoms with van der Waals surface area (Å²) in [6, 6.07) is 12.8. The number of hydrogen-bond donors (Lipinski definition) is 1. The smallest absolute Gasteiger partial charge is 0.354 e. The number of rotatable bonds is 5. The standard InChI is InChI=1S/C25H25F4N5O2S/c1-16-5-2-3-6-19(16)24-20(25(27,28)29)9-10-21(30-24)32-37(35,36)23-8-4-7-22(31-23)34-12-11-33-14-17(26)13-18(33)15-34/h2-10,17-18H,11-15H2,1H3,(H,30,32)/t17-,18+/m0/s1. The minimum atomic E-state index is -4.68. The van der Waals surface area contributed by atoms with Crippen molar-refractivity contribution in [3.63, 3.8) is 0 Å². The van der Waals surface area contributed by atoms with Crippen molar-refractivity contribution in [3.05, 3.63) is 65.7 Å². The van der Waals surface area contributed by atoms with E-state index in [1.807, 2.05) is 4.90 Å². The van der Waals surface area contributed by atoms with Crippen LogP contribution < -0.4 is 9.62 Å². The number of anilines is 2. The molecule has 2 atom stereocenters. The second-order valence-corrected chi connectivity index (χ2v) is 10.9. The van der Waals surface area contributed by atoms with Crippen LogP contribution in [-0.4, -0.2) is 61.7 Å². The van der Waals surface area contributed by atoms with E-state index in [1.165, 1.54) is 12.1 Å². The topological polar surface area (TPSA) is 78.4 Å². The highest BCUT2D eigenvalue weighted by Crippen LogP contribution is 2.38. The quantitative estimate of drug-likeness (QED) is 0.485. The highest BCUT2D eigenvalue weighted by molar-refractivity contribution is 7.92. The maximum atomic E-state index is 13.8. The van der Waals surface area contributed by atoms with Crippen LogP contribution in [0.2, 0.25) is 0 Å². The van der Waals surface area contributed by atoms with Gasteiger partial charge in [-0.3, -0.25) is 9.62 Å². The van der Waals surface area contributed by atoms with Gasteiger partial charge >= 0.3 is 6.18 Å². The number of piperazine rings is 1. The van der Waals surface area contributed by atoms with Gasteiger partial charge in [-0.15, -0.1) is 0 Å². The number of halogens is 4. The fraction of sp³-hybridized carbons (Fsp3) is 0.360. The number of nitrogens with zero attached hydrogens (tertiary/aromatic N) is 4. The van der Waals surface area contributed by atoms with Gasteiger partial charge in [-0.25, -0.2) is 14.4 Å². The summed E-state index contributed by atoms with van der Waals surface area (Å²) in [7, 11) is -4.26. The van der Waals surface area contributed by atoms with Gasteiger partial charge in [-0.05, 0) is 43.2 Å². The van der Waals surface area contributed by atoms with Gasteiger partial charge in [-0.1, -0.05) is 30.3 Å². The number of nitrogens with one attached hydrogen (secondary N) is 1. The Morgan fingerprint density at radius 3 is 2.51 bits per heavy atom. The molecule has 12 heteroatoms. The summed E-state index contributed by atoms with van der Waals surface area (Å²) in [5, 5.41) is -0.290. The molecule has 1 aromatic carbocycles. The fourth-order valence-electron chi connectivity index (χ4n) is 4.90. The van der Waals surface area contributed by atoms with Crippen LogP contribution in [0.5, 0.6) is 0 Å². The van der Waals surface area contributed by atoms with Crippen molar-refractivity contribution in [1.82, 2.24) is 14.9 Å². The molecule has 37 heavy (non-hydrogen) atoms. The molecule has 2 aliphatic rings. The third-order valence-corrected chi connectivity index (χ3v) is 7.97. The third-order valence-electron chi connectivity index (χ3n) is 6.71. The molecule has 2 fully saturated rings. The first kappa shape index (κ1) is 25.4. The van der Waals surface area contributed by atoms with E-state index in [4.69, 9.17) is 0 Å². The van der Waals surface area contributed by atoms with E-state index in [0.717, 1.165) is 12.1 Å². The van der Waals surface area contributed by atoms with E-state index < -0.39 is 27.9 Å². The lowest BCUT2D eigenvalue weighted by molar-refractivity contribution is -0.137. The Balaban J connectivity index is 1.42. The zero-order valence-electron chi connectivity index (χ0n) is 19.9. The lowest BCUT2D eigenvalue weighted by atomic mass is 10.0. The summed E-state index contributed by atoms with van der Waals surface area (Å²) in [5.41, 5.74) is -0.520. The normalized spacial score (nSPS) is 20.6. The van der Waals surface area contributed by atoms with Gasteiger partial charge in [0.05, 0.1) is 11.3 Å². The third kappa shape index (κ3) is 5.26. The van der Waals surface area contributed by atoms with Gasteiger partial charge in [-0.2, -0.15) is 21.6 Å². The SMILES string of the molecule is Cc1ccccc1-c1nc(NS(=O)(=O)c2cccc(N3CCN4C[C@@H](F)C[C@@H]4C3)n2)ccc1C(F)(F)F. The Kier molecular flexibility index (Phi) is 6.57. The molecule has 0 bridgehead atoms. The highest BCUT2D eigenvalue weighted by Gasteiger charge is 2.37. The molecule has 4 heterocycles. The minimum Gasteiger partial charge on any atom is -0.354 e. The van der Waals surface area contributed by atoms with Crippen molar-refractivity contribution in [2.45, 2.75) is 36.8 Å². The van der Waals surface area contributed by atoms with Crippen LogP contribution in [0.3, 0.4) is 0 Å². The van der Waals surface area contributed by atoms with Crippen molar-refractivity contribution in [3.8, 4) is 11.3 Å². The van der Waals surface area contributed by atoms with Crippen molar-refractivity contribution < 1.29 is 26.0 Å². The van der Waals surface area contributed by atoms with Crippen LogP contribution >= 0.6 is 0 Å². The van der Waals surface area contributed by atoms with Crippen molar-refractivity contribution >= 4 is 21.7 Å². The number of aryl methyl sites for hydroxylation is 1. The zero-order valence-corrected chi connectivity index (χ0v) is 20.7. The summed E-state index contributed by atoms with van der Waals surface area (Å²) in [4.78, 5) is 12.4. The zero-order chi connectivity index (χ0) is 26.4. The fourth-order valence-corrected chi connectivity index (χ4v) is 5.86. The molecule has 0 spiro atoms. The number of alkyl halides is 4. The van der Waals surface area contributed by atoms with Gasteiger partial charge in [0.1, 0.15) is 17.8 Å². The second kappa shape index (κ2) is 9.56. The molecule has 0 saturated carbocycles. The van der Waals surface area contributed by atoms with Gasteiger partial charge in [0.25, 0.3) is 10.0 Å². The Hall–Kier alpha value is -3.25. The molecule has 7 nitrogen and oxygen atoms in total. The number of sulfonamides is 1. The van der Waals surface area contributed by atoms with Crippen molar-refractivity contribution in [2.75, 3.05) is 35.8 Å². The van der Waals surface area contributed by atoms with E-state index >= 15 is 0 Å². The lowest BCUT2D eigenvalue weighted by Gasteiger charge is -2.37. The molecule has 0 aliphatic carbocycles. The molecule has 1 N–H and O–H groups in total. The Labute approximate surface area is 212 Å². The summed E-state index contributed by atoms with van der Waals surface area (Å²) in [6.45, 7) is 3.83. The molecule has 0 radical (unpaired) electrons. The second-order valence-electron chi connectivity index (χ2n) is 9.27. The molecule has 2 aromatic heterocycles. The number of hydrogen-bond acceptors (Lipinski definition) is 6. The average Bonchev–Trinajstić information content (AvgIpc) is 3.22. The van der Waals surface area contributed by atoms with Gasteiger partial charge in [0.15, 0.2) is 5.03 Å². The molecule has 0 amide bonds. The van der Waals surface area contributed by atoms with Crippen LogP contribution in [-0.2, 0) is 16.2 Å². The monoisotopic (exact) mass is 535 g/mol. The summed E-state index contributed by atoms with van der Waals surface area (Å²) < 4.78 is 83.5. The van der Waals surface area contributed by atoms with Crippen LogP contribution in [0, 0.1) is 6.92 Å². The first-order valence-electron chi connectivity index (χ1n) is 11.8. The van der Waals surface area contributed by atoms with Crippen LogP contribution in [0.25, 0.3) is 11.3 Å². The molecular formula is C25H25F4N5O2S. The minimum absolute atomic E-state index is 0.0418. The van der Waals surface area contributed by atoms with Crippen molar-refractivity contribution in [1.29, 1.82) is 0 Å². The number of fused-ring (bicyclic) bond motifs is 1. The molecule has 0 unspecified atom stereocenters. The average molecular weight is 536 g/mol. The molecule has 3 aromatic rings. The van der Waals surface area contributed by atoms with E-state index in [0.29, 0.717) is 44.0 Å². The molecule has 5 rings (SSSR count). The summed E-state index contributed by atoms with van der Waals surface area (Å²) in [5.74, 6) is 0.179. The van der Waals surface area contributed by atoms with E-state index in [9.17, 15) is 26.0 Å². The van der Waals surface area contributed by atoms with E-state index in [-0.39, 0.29) is 28.1 Å². The van der Waals surface area contributed by atoms with Gasteiger partial charge in [0.2, 0.25) is 0 Å². The molecule has 2 aliphatic heterocycles. The first-order chi connectivity index (χ1) is 17.5. The van der Waals surface area contributed by atoms with Gasteiger partial charge in [0, 0.05) is 37.8 Å². The van der Waals surface area contributed by atoms with E-state index in [2.05, 4.69) is 19.6 Å². The van der Waals surface area contributed by atoms with Crippen LogP contribution in [0.1, 0.15) is 17.5 Å². The highest BCUT2D eigenvalue weighted by atomic mass is 32.2. The Bertz CT molecular complexity index is 1420. The summed E-state index contributed by atoms with van der Waals surface area (Å²) in [6.07, 6.45) is -5.11. The Morgan fingerprint density at radius 2 is 1.76 bits per heavy atom. The number of pyridine rings is 2. The number of benzene rings is 1. The van der Waals surface area contributed by atoms with Crippen LogP contribution in [0.15, 0.2) is 59.6 Å². The molecule has 2 saturated heterocycles. The summed E-state index contributed by atoms with van der Waals surface area (Å²) >= 11 is 0. The molecule has 196 valence electrons. The van der Waals surface area contributed by atoms with Gasteiger partial charge < -0.3 is 4.90 Å². The maximum Gasteiger partial charge on any atom is 0.418 e. The Morgan fingerprint density at radius 1 is 0.973 bits per heavy atom. The predicted octanol–water partition coefficient (Wildman–Crippen LogP) is 4.50. The predicted molar refractivity (Wildman–Crippen MR) is 132 cm³/mol.